The number of piperidine rings is 1. The highest BCUT2D eigenvalue weighted by molar-refractivity contribution is 5.93. The number of fused-ring (bicyclic) bond motifs is 1. The number of carbonyl (C=O) groups is 1. The number of pyridine rings is 1. The number of aryl methyl sites for hydroxylation is 1. The number of anilines is 1. The van der Waals surface area contributed by atoms with Crippen LogP contribution in [0.25, 0.3) is 22.1 Å². The fourth-order valence-electron chi connectivity index (χ4n) is 3.60. The van der Waals surface area contributed by atoms with Crippen molar-refractivity contribution in [1.82, 2.24) is 19.8 Å². The normalized spacial score (nSPS) is 15.7. The fourth-order valence-corrected chi connectivity index (χ4v) is 3.60. The third-order valence-corrected chi connectivity index (χ3v) is 5.42. The molecule has 3 aromatic rings. The maximum atomic E-state index is 12.7. The molecular weight excluding hydrogens is 354 g/mol. The predicted octanol–water partition coefficient (Wildman–Crippen LogP) is 3.76. The van der Waals surface area contributed by atoms with Crippen molar-refractivity contribution < 1.29 is 9.21 Å². The number of amides is 2. The average Bonchev–Trinajstić information content (AvgIpc) is 3.14. The van der Waals surface area contributed by atoms with Crippen LogP contribution in [0.5, 0.6) is 0 Å². The van der Waals surface area contributed by atoms with Gasteiger partial charge >= 0.3 is 6.03 Å². The van der Waals surface area contributed by atoms with Crippen molar-refractivity contribution in [3.05, 3.63) is 42.5 Å². The molecule has 0 spiro atoms. The number of oxazole rings is 1. The van der Waals surface area contributed by atoms with Crippen molar-refractivity contribution in [2.45, 2.75) is 25.8 Å². The highest BCUT2D eigenvalue weighted by Gasteiger charge is 2.24. The number of benzene rings is 1. The number of carbonyl (C=O) groups excluding carboxylic acids is 1. The zero-order chi connectivity index (χ0) is 19.7. The van der Waals surface area contributed by atoms with Gasteiger partial charge in [0.05, 0.1) is 6.20 Å². The topological polar surface area (TPSA) is 74.5 Å². The Bertz CT molecular complexity index is 991. The van der Waals surface area contributed by atoms with E-state index in [1.165, 1.54) is 0 Å². The molecule has 0 radical (unpaired) electrons. The maximum Gasteiger partial charge on any atom is 0.323 e. The van der Waals surface area contributed by atoms with Gasteiger partial charge in [-0.2, -0.15) is 0 Å². The standard InChI is InChI=1S/C21H25N5O2/c1-14-22-13-19(28-14)15-4-5-16-12-23-20(11-17(16)10-15)24-21(27)26(3)18-6-8-25(2)9-7-18/h4-5,10-13,18H,6-9H2,1-3H3,(H,23,24,27). The predicted molar refractivity (Wildman–Crippen MR) is 109 cm³/mol. The fraction of sp³-hybridized carbons (Fsp3) is 0.381. The SMILES string of the molecule is Cc1ncc(-c2ccc3cnc(NC(=O)N(C)C4CCN(C)CC4)cc3c2)o1. The van der Waals surface area contributed by atoms with Crippen LogP contribution in [0.15, 0.2) is 41.1 Å². The highest BCUT2D eigenvalue weighted by atomic mass is 16.4. The lowest BCUT2D eigenvalue weighted by Gasteiger charge is -2.34. The van der Waals surface area contributed by atoms with Crippen LogP contribution in [0.3, 0.4) is 0 Å². The lowest BCUT2D eigenvalue weighted by molar-refractivity contribution is 0.156. The van der Waals surface area contributed by atoms with Gasteiger partial charge in [0, 0.05) is 37.2 Å². The largest absolute Gasteiger partial charge is 0.441 e. The molecule has 0 aliphatic carbocycles. The molecule has 146 valence electrons. The van der Waals surface area contributed by atoms with Gasteiger partial charge in [-0.25, -0.2) is 14.8 Å². The second kappa shape index (κ2) is 7.59. The molecule has 1 aliphatic heterocycles. The molecule has 0 atom stereocenters. The minimum Gasteiger partial charge on any atom is -0.441 e. The van der Waals surface area contributed by atoms with E-state index in [1.54, 1.807) is 17.3 Å². The minimum absolute atomic E-state index is 0.122. The summed E-state index contributed by atoms with van der Waals surface area (Å²) in [6, 6.07) is 8.03. The van der Waals surface area contributed by atoms with Gasteiger partial charge in [-0.15, -0.1) is 0 Å². The van der Waals surface area contributed by atoms with Gasteiger partial charge in [0.1, 0.15) is 5.82 Å². The van der Waals surface area contributed by atoms with E-state index < -0.39 is 0 Å². The van der Waals surface area contributed by atoms with Crippen LogP contribution in [-0.2, 0) is 0 Å². The Morgan fingerprint density at radius 2 is 1.96 bits per heavy atom. The lowest BCUT2D eigenvalue weighted by Crippen LogP contribution is -2.46. The molecule has 2 amide bonds. The third kappa shape index (κ3) is 3.84. The molecule has 3 heterocycles. The zero-order valence-electron chi connectivity index (χ0n) is 16.5. The zero-order valence-corrected chi connectivity index (χ0v) is 16.5. The van der Waals surface area contributed by atoms with Crippen molar-refractivity contribution in [3.8, 4) is 11.3 Å². The monoisotopic (exact) mass is 379 g/mol. The summed E-state index contributed by atoms with van der Waals surface area (Å²) in [7, 11) is 3.97. The van der Waals surface area contributed by atoms with Gasteiger partial charge in [-0.1, -0.05) is 12.1 Å². The smallest absolute Gasteiger partial charge is 0.323 e. The number of aromatic nitrogens is 2. The van der Waals surface area contributed by atoms with Crippen molar-refractivity contribution in [1.29, 1.82) is 0 Å². The van der Waals surface area contributed by atoms with E-state index in [-0.39, 0.29) is 12.1 Å². The first-order valence-corrected chi connectivity index (χ1v) is 9.54. The van der Waals surface area contributed by atoms with Crippen LogP contribution >= 0.6 is 0 Å². The Morgan fingerprint density at radius 3 is 2.68 bits per heavy atom. The number of likely N-dealkylation sites (tertiary alicyclic amines) is 1. The number of hydrogen-bond donors (Lipinski definition) is 1. The maximum absolute atomic E-state index is 12.7. The second-order valence-corrected chi connectivity index (χ2v) is 7.45. The summed E-state index contributed by atoms with van der Waals surface area (Å²) in [5.74, 6) is 1.90. The van der Waals surface area contributed by atoms with Crippen molar-refractivity contribution in [2.24, 2.45) is 0 Å². The molecule has 2 aromatic heterocycles. The van der Waals surface area contributed by atoms with E-state index >= 15 is 0 Å². The van der Waals surface area contributed by atoms with Gasteiger partial charge < -0.3 is 14.2 Å². The van der Waals surface area contributed by atoms with Crippen LogP contribution < -0.4 is 5.32 Å². The van der Waals surface area contributed by atoms with Gasteiger partial charge in [0.15, 0.2) is 11.7 Å². The van der Waals surface area contributed by atoms with E-state index in [0.29, 0.717) is 11.7 Å². The van der Waals surface area contributed by atoms with Crippen LogP contribution in [-0.4, -0.2) is 59.0 Å². The number of nitrogens with one attached hydrogen (secondary N) is 1. The molecule has 28 heavy (non-hydrogen) atoms. The minimum atomic E-state index is -0.122. The van der Waals surface area contributed by atoms with Crippen LogP contribution in [0, 0.1) is 6.92 Å². The molecule has 1 N–H and O–H groups in total. The first-order valence-electron chi connectivity index (χ1n) is 9.54. The van der Waals surface area contributed by atoms with Gasteiger partial charge in [-0.3, -0.25) is 5.32 Å². The molecule has 1 aliphatic rings. The van der Waals surface area contributed by atoms with Gasteiger partial charge in [-0.05, 0) is 50.5 Å². The highest BCUT2D eigenvalue weighted by Crippen LogP contribution is 2.26. The molecule has 7 nitrogen and oxygen atoms in total. The number of rotatable bonds is 3. The van der Waals surface area contributed by atoms with E-state index in [1.807, 2.05) is 38.2 Å². The molecule has 0 saturated carbocycles. The molecule has 4 rings (SSSR count). The molecule has 1 fully saturated rings. The Morgan fingerprint density at radius 1 is 1.18 bits per heavy atom. The van der Waals surface area contributed by atoms with Crippen molar-refractivity contribution in [2.75, 3.05) is 32.5 Å². The number of urea groups is 1. The van der Waals surface area contributed by atoms with E-state index in [2.05, 4.69) is 27.2 Å². The van der Waals surface area contributed by atoms with Gasteiger partial charge in [0.25, 0.3) is 0 Å². The molecule has 1 aromatic carbocycles. The third-order valence-electron chi connectivity index (χ3n) is 5.42. The lowest BCUT2D eigenvalue weighted by atomic mass is 10.0. The summed E-state index contributed by atoms with van der Waals surface area (Å²) < 4.78 is 5.61. The van der Waals surface area contributed by atoms with Crippen molar-refractivity contribution >= 4 is 22.6 Å². The van der Waals surface area contributed by atoms with Gasteiger partial charge in [0.2, 0.25) is 0 Å². The summed E-state index contributed by atoms with van der Waals surface area (Å²) in [4.78, 5) is 25.3. The molecular formula is C21H25N5O2. The first kappa shape index (κ1) is 18.4. The molecule has 0 unspecified atom stereocenters. The number of hydrogen-bond acceptors (Lipinski definition) is 5. The molecule has 7 heteroatoms. The van der Waals surface area contributed by atoms with E-state index in [4.69, 9.17) is 4.42 Å². The summed E-state index contributed by atoms with van der Waals surface area (Å²) in [5, 5.41) is 4.92. The Kier molecular flexibility index (Phi) is 5.00. The summed E-state index contributed by atoms with van der Waals surface area (Å²) >= 11 is 0. The second-order valence-electron chi connectivity index (χ2n) is 7.45. The number of nitrogens with zero attached hydrogens (tertiary/aromatic N) is 4. The molecule has 1 saturated heterocycles. The Labute approximate surface area is 164 Å². The van der Waals surface area contributed by atoms with Crippen molar-refractivity contribution in [3.63, 3.8) is 0 Å². The quantitative estimate of drug-likeness (QED) is 0.750. The van der Waals surface area contributed by atoms with E-state index in [0.717, 1.165) is 48.0 Å². The van der Waals surface area contributed by atoms with Crippen LogP contribution in [0.4, 0.5) is 10.6 Å². The Balaban J connectivity index is 1.51. The summed E-state index contributed by atoms with van der Waals surface area (Å²) in [6.07, 6.45) is 5.48. The van der Waals surface area contributed by atoms with Crippen LogP contribution in [0.2, 0.25) is 0 Å². The van der Waals surface area contributed by atoms with Crippen LogP contribution in [0.1, 0.15) is 18.7 Å². The first-order chi connectivity index (χ1) is 13.5. The summed E-state index contributed by atoms with van der Waals surface area (Å²) in [5.41, 5.74) is 0.944. The summed E-state index contributed by atoms with van der Waals surface area (Å²) in [6.45, 7) is 3.85. The molecule has 0 bridgehead atoms. The van der Waals surface area contributed by atoms with E-state index in [9.17, 15) is 4.79 Å². The average molecular weight is 379 g/mol. The Hall–Kier alpha value is -2.93.